The van der Waals surface area contributed by atoms with Crippen LogP contribution in [0.4, 0.5) is 5.69 Å². The van der Waals surface area contributed by atoms with Crippen molar-refractivity contribution in [1.82, 2.24) is 9.55 Å². The van der Waals surface area contributed by atoms with E-state index in [1.54, 1.807) is 0 Å². The van der Waals surface area contributed by atoms with E-state index in [0.717, 1.165) is 51.9 Å². The Morgan fingerprint density at radius 2 is 1.96 bits per heavy atom. The molecule has 1 fully saturated rings. The average Bonchev–Trinajstić information content (AvgIpc) is 2.87. The lowest BCUT2D eigenvalue weighted by atomic mass is 9.92. The smallest absolute Gasteiger partial charge is 0.141 e. The molecule has 1 aromatic carbocycles. The quantitative estimate of drug-likeness (QED) is 0.686. The highest BCUT2D eigenvalue weighted by Crippen LogP contribution is 2.42. The highest BCUT2D eigenvalue weighted by atomic mass is 15.1. The molecule has 1 N–H and O–H groups in total. The van der Waals surface area contributed by atoms with E-state index in [4.69, 9.17) is 4.98 Å². The van der Waals surface area contributed by atoms with Crippen LogP contribution in [0.2, 0.25) is 0 Å². The molecule has 0 spiro atoms. The number of hydrogen-bond acceptors (Lipinski definition) is 3. The number of aryl methyl sites for hydroxylation is 1. The van der Waals surface area contributed by atoms with Crippen LogP contribution in [0.5, 0.6) is 0 Å². The van der Waals surface area contributed by atoms with Crippen LogP contribution < -0.4 is 5.32 Å². The van der Waals surface area contributed by atoms with E-state index >= 15 is 0 Å². The summed E-state index contributed by atoms with van der Waals surface area (Å²) in [5.41, 5.74) is 5.97. The molecule has 0 saturated heterocycles. The molecule has 2 heterocycles. The molecule has 1 saturated carbocycles. The molecular formula is C22H24N4. The SMILES string of the molecule is Cc1cnc2c(c1)c(C#N)c(-c1ccc(NC(C)C)cc1)n2C1CCC1. The van der Waals surface area contributed by atoms with Gasteiger partial charge in [-0.3, -0.25) is 0 Å². The van der Waals surface area contributed by atoms with Crippen LogP contribution in [-0.2, 0) is 0 Å². The minimum atomic E-state index is 0.393. The van der Waals surface area contributed by atoms with E-state index in [-0.39, 0.29) is 0 Å². The molecule has 0 bridgehead atoms. The summed E-state index contributed by atoms with van der Waals surface area (Å²) in [5.74, 6) is 0. The lowest BCUT2D eigenvalue weighted by Gasteiger charge is -2.29. The van der Waals surface area contributed by atoms with Crippen molar-refractivity contribution in [1.29, 1.82) is 5.26 Å². The Labute approximate surface area is 154 Å². The van der Waals surface area contributed by atoms with Crippen LogP contribution in [0.1, 0.15) is 50.3 Å². The average molecular weight is 344 g/mol. The zero-order chi connectivity index (χ0) is 18.3. The number of aromatic nitrogens is 2. The van der Waals surface area contributed by atoms with Gasteiger partial charge in [0.15, 0.2) is 0 Å². The first-order valence-electron chi connectivity index (χ1n) is 9.36. The van der Waals surface area contributed by atoms with Gasteiger partial charge in [-0.2, -0.15) is 5.26 Å². The van der Waals surface area contributed by atoms with E-state index in [1.165, 1.54) is 6.42 Å². The molecule has 4 nitrogen and oxygen atoms in total. The van der Waals surface area contributed by atoms with Gasteiger partial charge in [0.05, 0.1) is 11.3 Å². The molecule has 3 aromatic rings. The second kappa shape index (κ2) is 6.49. The van der Waals surface area contributed by atoms with E-state index < -0.39 is 0 Å². The molecule has 0 radical (unpaired) electrons. The van der Waals surface area contributed by atoms with E-state index in [2.05, 4.69) is 60.1 Å². The summed E-state index contributed by atoms with van der Waals surface area (Å²) < 4.78 is 2.31. The summed E-state index contributed by atoms with van der Waals surface area (Å²) in [6.07, 6.45) is 5.46. The monoisotopic (exact) mass is 344 g/mol. The maximum atomic E-state index is 9.92. The number of nitrogens with one attached hydrogen (secondary N) is 1. The van der Waals surface area contributed by atoms with Gasteiger partial charge in [-0.05, 0) is 69.4 Å². The molecular weight excluding hydrogens is 320 g/mol. The van der Waals surface area contributed by atoms with Crippen molar-refractivity contribution in [2.75, 3.05) is 5.32 Å². The summed E-state index contributed by atoms with van der Waals surface area (Å²) in [6.45, 7) is 6.29. The lowest BCUT2D eigenvalue weighted by Crippen LogP contribution is -2.18. The molecule has 4 heteroatoms. The van der Waals surface area contributed by atoms with Crippen LogP contribution in [0.15, 0.2) is 36.5 Å². The third-order valence-electron chi connectivity index (χ3n) is 5.14. The Morgan fingerprint density at radius 3 is 2.54 bits per heavy atom. The highest BCUT2D eigenvalue weighted by Gasteiger charge is 2.28. The topological polar surface area (TPSA) is 53.6 Å². The van der Waals surface area contributed by atoms with Crippen LogP contribution in [0, 0.1) is 18.3 Å². The van der Waals surface area contributed by atoms with Gasteiger partial charge in [-0.15, -0.1) is 0 Å². The van der Waals surface area contributed by atoms with Crippen LogP contribution in [-0.4, -0.2) is 15.6 Å². The number of anilines is 1. The highest BCUT2D eigenvalue weighted by molar-refractivity contribution is 5.93. The Morgan fingerprint density at radius 1 is 1.23 bits per heavy atom. The Hall–Kier alpha value is -2.80. The predicted octanol–water partition coefficient (Wildman–Crippen LogP) is 5.43. The van der Waals surface area contributed by atoms with Crippen LogP contribution in [0.3, 0.4) is 0 Å². The third kappa shape index (κ3) is 2.74. The normalized spacial score (nSPS) is 14.4. The number of nitrogens with zero attached hydrogens (tertiary/aromatic N) is 3. The molecule has 0 amide bonds. The van der Waals surface area contributed by atoms with Gasteiger partial charge in [0, 0.05) is 29.4 Å². The standard InChI is InChI=1S/C22H24N4/c1-14(2)25-17-9-7-16(8-10-17)21-20(12-23)19-11-15(3)13-24-22(19)26(21)18-5-4-6-18/h7-11,13-14,18,25H,4-6H2,1-3H3. The zero-order valence-electron chi connectivity index (χ0n) is 15.6. The molecule has 0 unspecified atom stereocenters. The molecule has 1 aliphatic carbocycles. The fourth-order valence-electron chi connectivity index (χ4n) is 3.75. The number of nitriles is 1. The number of fused-ring (bicyclic) bond motifs is 1. The minimum absolute atomic E-state index is 0.393. The molecule has 0 atom stereocenters. The summed E-state index contributed by atoms with van der Waals surface area (Å²) >= 11 is 0. The second-order valence-corrected chi connectivity index (χ2v) is 7.55. The number of rotatable bonds is 4. The van der Waals surface area contributed by atoms with Gasteiger partial charge in [-0.1, -0.05) is 12.1 Å². The summed E-state index contributed by atoms with van der Waals surface area (Å²) in [4.78, 5) is 4.69. The largest absolute Gasteiger partial charge is 0.383 e. The van der Waals surface area contributed by atoms with Gasteiger partial charge in [-0.25, -0.2) is 4.98 Å². The fraction of sp³-hybridized carbons (Fsp3) is 0.364. The molecule has 132 valence electrons. The first-order chi connectivity index (χ1) is 12.6. The van der Waals surface area contributed by atoms with Gasteiger partial charge in [0.25, 0.3) is 0 Å². The van der Waals surface area contributed by atoms with Crippen molar-refractivity contribution in [3.05, 3.63) is 47.7 Å². The number of pyridine rings is 1. The molecule has 1 aliphatic rings. The van der Waals surface area contributed by atoms with Gasteiger partial charge < -0.3 is 9.88 Å². The van der Waals surface area contributed by atoms with Gasteiger partial charge in [0.1, 0.15) is 11.7 Å². The summed E-state index contributed by atoms with van der Waals surface area (Å²) in [7, 11) is 0. The summed E-state index contributed by atoms with van der Waals surface area (Å²) in [6, 6.07) is 13.8. The Kier molecular flexibility index (Phi) is 4.16. The van der Waals surface area contributed by atoms with E-state index in [0.29, 0.717) is 12.1 Å². The molecule has 0 aliphatic heterocycles. The first kappa shape index (κ1) is 16.7. The third-order valence-corrected chi connectivity index (χ3v) is 5.14. The van der Waals surface area contributed by atoms with Crippen molar-refractivity contribution < 1.29 is 0 Å². The number of benzene rings is 1. The maximum absolute atomic E-state index is 9.92. The maximum Gasteiger partial charge on any atom is 0.141 e. The van der Waals surface area contributed by atoms with Crippen molar-refractivity contribution in [3.8, 4) is 17.3 Å². The minimum Gasteiger partial charge on any atom is -0.383 e. The lowest BCUT2D eigenvalue weighted by molar-refractivity contribution is 0.323. The van der Waals surface area contributed by atoms with Crippen molar-refractivity contribution in [2.45, 2.75) is 52.1 Å². The first-order valence-corrected chi connectivity index (χ1v) is 9.36. The summed E-state index contributed by atoms with van der Waals surface area (Å²) in [5, 5.41) is 14.3. The van der Waals surface area contributed by atoms with Crippen molar-refractivity contribution >= 4 is 16.7 Å². The predicted molar refractivity (Wildman–Crippen MR) is 106 cm³/mol. The Balaban J connectivity index is 1.92. The second-order valence-electron chi connectivity index (χ2n) is 7.55. The van der Waals surface area contributed by atoms with Crippen LogP contribution in [0.25, 0.3) is 22.3 Å². The van der Waals surface area contributed by atoms with E-state index in [1.807, 2.05) is 13.1 Å². The fourth-order valence-corrected chi connectivity index (χ4v) is 3.75. The zero-order valence-corrected chi connectivity index (χ0v) is 15.6. The van der Waals surface area contributed by atoms with Gasteiger partial charge >= 0.3 is 0 Å². The van der Waals surface area contributed by atoms with Crippen molar-refractivity contribution in [3.63, 3.8) is 0 Å². The number of hydrogen-bond donors (Lipinski definition) is 1. The van der Waals surface area contributed by atoms with E-state index in [9.17, 15) is 5.26 Å². The van der Waals surface area contributed by atoms with Gasteiger partial charge in [0.2, 0.25) is 0 Å². The molecule has 2 aromatic heterocycles. The van der Waals surface area contributed by atoms with Crippen molar-refractivity contribution in [2.24, 2.45) is 0 Å². The van der Waals surface area contributed by atoms with Crippen LogP contribution >= 0.6 is 0 Å². The molecule has 26 heavy (non-hydrogen) atoms. The molecule has 4 rings (SSSR count). The Bertz CT molecular complexity index is 986.